The summed E-state index contributed by atoms with van der Waals surface area (Å²) in [6, 6.07) is 1.57. The first-order valence-corrected chi connectivity index (χ1v) is 5.86. The number of hydrogen-bond donors (Lipinski definition) is 1. The fraction of sp³-hybridized carbons (Fsp3) is 1.00. The largest absolute Gasteiger partial charge is 0.310 e. The van der Waals surface area contributed by atoms with E-state index < -0.39 is 0 Å². The smallest absolute Gasteiger partial charge is 0.0168 e. The van der Waals surface area contributed by atoms with E-state index in [2.05, 4.69) is 30.9 Å². The fourth-order valence-corrected chi connectivity index (χ4v) is 2.69. The first kappa shape index (κ1) is 9.40. The lowest BCUT2D eigenvalue weighted by atomic mass is 10.1. The minimum Gasteiger partial charge on any atom is -0.310 e. The summed E-state index contributed by atoms with van der Waals surface area (Å²) in [5.41, 5.74) is 0. The zero-order valence-electron chi connectivity index (χ0n) is 7.60. The van der Waals surface area contributed by atoms with Gasteiger partial charge in [-0.05, 0) is 25.0 Å². The van der Waals surface area contributed by atoms with Crippen LogP contribution in [0.15, 0.2) is 0 Å². The highest BCUT2D eigenvalue weighted by Crippen LogP contribution is 2.18. The van der Waals surface area contributed by atoms with Gasteiger partial charge in [-0.25, -0.2) is 0 Å². The zero-order chi connectivity index (χ0) is 8.10. The Kier molecular flexibility index (Phi) is 4.31. The van der Waals surface area contributed by atoms with Crippen molar-refractivity contribution in [3.8, 4) is 0 Å². The molecule has 1 fully saturated rings. The average molecular weight is 173 g/mol. The van der Waals surface area contributed by atoms with Gasteiger partial charge >= 0.3 is 0 Å². The fourth-order valence-electron chi connectivity index (χ4n) is 1.52. The summed E-state index contributed by atoms with van der Waals surface area (Å²) in [6.45, 7) is 4.53. The molecule has 0 radical (unpaired) electrons. The predicted molar refractivity (Wildman–Crippen MR) is 53.2 cm³/mol. The van der Waals surface area contributed by atoms with Gasteiger partial charge in [-0.15, -0.1) is 0 Å². The molecule has 0 aromatic rings. The van der Waals surface area contributed by atoms with Crippen LogP contribution in [0.1, 0.15) is 33.1 Å². The normalized spacial score (nSPS) is 24.8. The molecular formula is C9H19NS. The van der Waals surface area contributed by atoms with Crippen LogP contribution in [0.2, 0.25) is 0 Å². The topological polar surface area (TPSA) is 12.0 Å². The van der Waals surface area contributed by atoms with Crippen molar-refractivity contribution in [2.75, 3.05) is 11.5 Å². The molecule has 0 aromatic carbocycles. The third kappa shape index (κ3) is 3.04. The van der Waals surface area contributed by atoms with Crippen LogP contribution < -0.4 is 5.32 Å². The van der Waals surface area contributed by atoms with E-state index in [9.17, 15) is 0 Å². The molecule has 1 atom stereocenters. The van der Waals surface area contributed by atoms with Gasteiger partial charge in [-0.3, -0.25) is 0 Å². The molecule has 1 saturated heterocycles. The van der Waals surface area contributed by atoms with Gasteiger partial charge in [0.2, 0.25) is 0 Å². The molecule has 1 unspecified atom stereocenters. The standard InChI is InChI=1S/C9H19NS/c1-3-8(4-2)10-9-5-6-11-7-9/h8-10H,3-7H2,1-2H3. The third-order valence-corrected chi connectivity index (χ3v) is 3.55. The molecule has 1 aliphatic rings. The molecular weight excluding hydrogens is 154 g/mol. The lowest BCUT2D eigenvalue weighted by Crippen LogP contribution is -2.37. The van der Waals surface area contributed by atoms with Gasteiger partial charge in [0.25, 0.3) is 0 Å². The van der Waals surface area contributed by atoms with E-state index in [1.54, 1.807) is 0 Å². The summed E-state index contributed by atoms with van der Waals surface area (Å²) in [4.78, 5) is 0. The minimum absolute atomic E-state index is 0.763. The average Bonchev–Trinajstić information content (AvgIpc) is 2.52. The molecule has 0 amide bonds. The predicted octanol–water partition coefficient (Wildman–Crippen LogP) is 2.27. The Hall–Kier alpha value is 0.310. The Labute approximate surface area is 74.3 Å². The highest BCUT2D eigenvalue weighted by molar-refractivity contribution is 7.99. The van der Waals surface area contributed by atoms with Crippen molar-refractivity contribution in [3.63, 3.8) is 0 Å². The van der Waals surface area contributed by atoms with Gasteiger partial charge in [-0.2, -0.15) is 11.8 Å². The van der Waals surface area contributed by atoms with E-state index in [4.69, 9.17) is 0 Å². The highest BCUT2D eigenvalue weighted by atomic mass is 32.2. The van der Waals surface area contributed by atoms with Crippen LogP contribution in [0.25, 0.3) is 0 Å². The summed E-state index contributed by atoms with van der Waals surface area (Å²) in [5.74, 6) is 2.69. The van der Waals surface area contributed by atoms with Crippen molar-refractivity contribution < 1.29 is 0 Å². The molecule has 2 heteroatoms. The van der Waals surface area contributed by atoms with Crippen LogP contribution in [-0.4, -0.2) is 23.6 Å². The Bertz CT molecular complexity index is 95.7. The lowest BCUT2D eigenvalue weighted by molar-refractivity contribution is 0.428. The van der Waals surface area contributed by atoms with Gasteiger partial charge in [0.05, 0.1) is 0 Å². The van der Waals surface area contributed by atoms with Gasteiger partial charge in [0.1, 0.15) is 0 Å². The molecule has 0 spiro atoms. The van der Waals surface area contributed by atoms with Crippen molar-refractivity contribution in [3.05, 3.63) is 0 Å². The van der Waals surface area contributed by atoms with E-state index in [1.165, 1.54) is 30.8 Å². The maximum atomic E-state index is 3.69. The summed E-state index contributed by atoms with van der Waals surface area (Å²) >= 11 is 2.08. The first-order valence-electron chi connectivity index (χ1n) is 4.70. The molecule has 1 N–H and O–H groups in total. The van der Waals surface area contributed by atoms with E-state index in [0.717, 1.165) is 12.1 Å². The summed E-state index contributed by atoms with van der Waals surface area (Å²) in [7, 11) is 0. The quantitative estimate of drug-likeness (QED) is 0.700. The van der Waals surface area contributed by atoms with Gasteiger partial charge in [0, 0.05) is 17.8 Å². The summed E-state index contributed by atoms with van der Waals surface area (Å²) in [5, 5.41) is 3.69. The van der Waals surface area contributed by atoms with Gasteiger partial charge in [0.15, 0.2) is 0 Å². The maximum Gasteiger partial charge on any atom is 0.0168 e. The maximum absolute atomic E-state index is 3.69. The van der Waals surface area contributed by atoms with Crippen molar-refractivity contribution in [1.29, 1.82) is 0 Å². The van der Waals surface area contributed by atoms with Crippen LogP contribution in [0, 0.1) is 0 Å². The Balaban J connectivity index is 2.16. The molecule has 66 valence electrons. The third-order valence-electron chi connectivity index (χ3n) is 2.39. The lowest BCUT2D eigenvalue weighted by Gasteiger charge is -2.19. The van der Waals surface area contributed by atoms with Crippen molar-refractivity contribution in [2.24, 2.45) is 0 Å². The van der Waals surface area contributed by atoms with Crippen LogP contribution in [-0.2, 0) is 0 Å². The minimum atomic E-state index is 0.763. The molecule has 1 rings (SSSR count). The Morgan fingerprint density at radius 1 is 1.45 bits per heavy atom. The number of hydrogen-bond acceptors (Lipinski definition) is 2. The Morgan fingerprint density at radius 2 is 2.18 bits per heavy atom. The van der Waals surface area contributed by atoms with Crippen LogP contribution in [0.4, 0.5) is 0 Å². The van der Waals surface area contributed by atoms with Crippen molar-refractivity contribution in [2.45, 2.75) is 45.2 Å². The molecule has 1 nitrogen and oxygen atoms in total. The monoisotopic (exact) mass is 173 g/mol. The second-order valence-corrected chi connectivity index (χ2v) is 4.39. The number of nitrogens with one attached hydrogen (secondary N) is 1. The number of rotatable bonds is 4. The summed E-state index contributed by atoms with van der Waals surface area (Å²) < 4.78 is 0. The SMILES string of the molecule is CCC(CC)NC1CCSC1. The molecule has 11 heavy (non-hydrogen) atoms. The molecule has 0 bridgehead atoms. The Morgan fingerprint density at radius 3 is 2.64 bits per heavy atom. The number of thioether (sulfide) groups is 1. The van der Waals surface area contributed by atoms with E-state index >= 15 is 0 Å². The van der Waals surface area contributed by atoms with Crippen LogP contribution in [0.3, 0.4) is 0 Å². The van der Waals surface area contributed by atoms with Crippen molar-refractivity contribution in [1.82, 2.24) is 5.32 Å². The molecule has 1 aliphatic heterocycles. The van der Waals surface area contributed by atoms with Crippen LogP contribution in [0.5, 0.6) is 0 Å². The van der Waals surface area contributed by atoms with Crippen LogP contribution >= 0.6 is 11.8 Å². The molecule has 1 heterocycles. The first-order chi connectivity index (χ1) is 5.36. The van der Waals surface area contributed by atoms with E-state index in [0.29, 0.717) is 0 Å². The second-order valence-electron chi connectivity index (χ2n) is 3.24. The molecule has 0 aromatic heterocycles. The zero-order valence-corrected chi connectivity index (χ0v) is 8.41. The summed E-state index contributed by atoms with van der Waals surface area (Å²) in [6.07, 6.45) is 3.93. The molecule has 0 aliphatic carbocycles. The van der Waals surface area contributed by atoms with Crippen molar-refractivity contribution >= 4 is 11.8 Å². The van der Waals surface area contributed by atoms with Gasteiger partial charge < -0.3 is 5.32 Å². The highest BCUT2D eigenvalue weighted by Gasteiger charge is 2.17. The van der Waals surface area contributed by atoms with Gasteiger partial charge in [-0.1, -0.05) is 13.8 Å². The van der Waals surface area contributed by atoms with E-state index in [-0.39, 0.29) is 0 Å². The second kappa shape index (κ2) is 5.04. The van der Waals surface area contributed by atoms with E-state index in [1.807, 2.05) is 0 Å². The molecule has 0 saturated carbocycles.